The highest BCUT2D eigenvalue weighted by atomic mass is 32.2. The molecule has 0 atom stereocenters. The summed E-state index contributed by atoms with van der Waals surface area (Å²) in [5.74, 6) is -0.603. The topological polar surface area (TPSA) is 115 Å². The third-order valence-corrected chi connectivity index (χ3v) is 4.31. The summed E-state index contributed by atoms with van der Waals surface area (Å²) in [6, 6.07) is 12.3. The molecule has 2 aromatic carbocycles. The second-order valence-electron chi connectivity index (χ2n) is 4.45. The van der Waals surface area contributed by atoms with Crippen molar-refractivity contribution in [3.05, 3.63) is 59.7 Å². The van der Waals surface area contributed by atoms with Crippen LogP contribution in [0.5, 0.6) is 0 Å². The van der Waals surface area contributed by atoms with Crippen molar-refractivity contribution in [2.45, 2.75) is 11.4 Å². The molecule has 0 radical (unpaired) electrons. The highest BCUT2D eigenvalue weighted by Gasteiger charge is 2.14. The van der Waals surface area contributed by atoms with Crippen LogP contribution < -0.4 is 16.2 Å². The molecular formula is C14H15N3O3S. The van der Waals surface area contributed by atoms with E-state index >= 15 is 0 Å². The number of carbonyl (C=O) groups is 1. The average molecular weight is 305 g/mol. The van der Waals surface area contributed by atoms with Crippen LogP contribution in [0, 0.1) is 0 Å². The van der Waals surface area contributed by atoms with Crippen LogP contribution in [-0.4, -0.2) is 14.3 Å². The number of rotatable bonds is 5. The summed E-state index contributed by atoms with van der Waals surface area (Å²) < 4.78 is 26.7. The molecule has 2 rings (SSSR count). The standard InChI is InChI=1S/C14H15N3O3S/c15-12-5-1-10(2-6-12)9-17-21(19,20)13-7-3-11(4-8-13)14(16)18/h1-8,17H,9,15H2,(H2,16,18). The molecule has 110 valence electrons. The monoisotopic (exact) mass is 305 g/mol. The van der Waals surface area contributed by atoms with Crippen molar-refractivity contribution in [2.24, 2.45) is 5.73 Å². The number of nitrogens with two attached hydrogens (primary N) is 2. The number of nitrogens with one attached hydrogen (secondary N) is 1. The molecule has 2 aromatic rings. The lowest BCUT2D eigenvalue weighted by molar-refractivity contribution is 0.1000. The second kappa shape index (κ2) is 5.94. The predicted octanol–water partition coefficient (Wildman–Crippen LogP) is 0.846. The van der Waals surface area contributed by atoms with Gasteiger partial charge in [-0.1, -0.05) is 12.1 Å². The molecule has 0 bridgehead atoms. The zero-order chi connectivity index (χ0) is 15.5. The molecule has 1 amide bonds. The van der Waals surface area contributed by atoms with Gasteiger partial charge in [-0.2, -0.15) is 0 Å². The van der Waals surface area contributed by atoms with E-state index in [1.54, 1.807) is 24.3 Å². The van der Waals surface area contributed by atoms with Crippen molar-refractivity contribution in [3.8, 4) is 0 Å². The van der Waals surface area contributed by atoms with E-state index in [0.717, 1.165) is 5.56 Å². The first-order valence-corrected chi connectivity index (χ1v) is 7.61. The highest BCUT2D eigenvalue weighted by molar-refractivity contribution is 7.89. The summed E-state index contributed by atoms with van der Waals surface area (Å²) in [7, 11) is -3.64. The third kappa shape index (κ3) is 3.80. The number of hydrogen-bond acceptors (Lipinski definition) is 4. The maximum absolute atomic E-state index is 12.1. The van der Waals surface area contributed by atoms with Crippen LogP contribution in [0.1, 0.15) is 15.9 Å². The fourth-order valence-corrected chi connectivity index (χ4v) is 2.71. The van der Waals surface area contributed by atoms with Crippen LogP contribution in [0.4, 0.5) is 5.69 Å². The van der Waals surface area contributed by atoms with E-state index in [4.69, 9.17) is 11.5 Å². The molecule has 0 saturated carbocycles. The smallest absolute Gasteiger partial charge is 0.248 e. The van der Waals surface area contributed by atoms with Crippen molar-refractivity contribution >= 4 is 21.6 Å². The van der Waals surface area contributed by atoms with E-state index in [0.29, 0.717) is 5.69 Å². The minimum atomic E-state index is -3.64. The van der Waals surface area contributed by atoms with Gasteiger partial charge in [0.25, 0.3) is 0 Å². The van der Waals surface area contributed by atoms with E-state index in [9.17, 15) is 13.2 Å². The summed E-state index contributed by atoms with van der Waals surface area (Å²) >= 11 is 0. The third-order valence-electron chi connectivity index (χ3n) is 2.90. The molecule has 0 unspecified atom stereocenters. The predicted molar refractivity (Wildman–Crippen MR) is 79.8 cm³/mol. The van der Waals surface area contributed by atoms with Gasteiger partial charge in [0.1, 0.15) is 0 Å². The van der Waals surface area contributed by atoms with Crippen LogP contribution in [0.15, 0.2) is 53.4 Å². The maximum atomic E-state index is 12.1. The first-order valence-electron chi connectivity index (χ1n) is 6.12. The Morgan fingerprint density at radius 3 is 2.10 bits per heavy atom. The number of carbonyl (C=O) groups excluding carboxylic acids is 1. The Kier molecular flexibility index (Phi) is 4.25. The molecule has 21 heavy (non-hydrogen) atoms. The molecule has 0 saturated heterocycles. The van der Waals surface area contributed by atoms with Gasteiger partial charge < -0.3 is 11.5 Å². The van der Waals surface area contributed by atoms with Crippen LogP contribution >= 0.6 is 0 Å². The number of benzene rings is 2. The van der Waals surface area contributed by atoms with Crippen LogP contribution in [-0.2, 0) is 16.6 Å². The summed E-state index contributed by atoms with van der Waals surface area (Å²) in [5, 5.41) is 0. The number of hydrogen-bond donors (Lipinski definition) is 3. The van der Waals surface area contributed by atoms with E-state index < -0.39 is 15.9 Å². The van der Waals surface area contributed by atoms with Gasteiger partial charge in [0.15, 0.2) is 0 Å². The fourth-order valence-electron chi connectivity index (χ4n) is 1.70. The Bertz CT molecular complexity index is 738. The Hall–Kier alpha value is -2.38. The molecule has 5 N–H and O–H groups in total. The van der Waals surface area contributed by atoms with Crippen molar-refractivity contribution < 1.29 is 13.2 Å². The van der Waals surface area contributed by atoms with Gasteiger partial charge in [0, 0.05) is 17.8 Å². The first kappa shape index (κ1) is 15.0. The highest BCUT2D eigenvalue weighted by Crippen LogP contribution is 2.12. The van der Waals surface area contributed by atoms with Gasteiger partial charge in [-0.3, -0.25) is 4.79 Å². The fraction of sp³-hybridized carbons (Fsp3) is 0.0714. The summed E-state index contributed by atoms with van der Waals surface area (Å²) in [5.41, 5.74) is 12.3. The quantitative estimate of drug-likeness (QED) is 0.710. The van der Waals surface area contributed by atoms with Crippen LogP contribution in [0.25, 0.3) is 0 Å². The largest absolute Gasteiger partial charge is 0.399 e. The molecule has 0 aliphatic carbocycles. The lowest BCUT2D eigenvalue weighted by atomic mass is 10.2. The summed E-state index contributed by atoms with van der Waals surface area (Å²) in [6.07, 6.45) is 0. The minimum absolute atomic E-state index is 0.0722. The molecule has 0 aromatic heterocycles. The van der Waals surface area contributed by atoms with Gasteiger partial charge >= 0.3 is 0 Å². The number of nitrogen functional groups attached to an aromatic ring is 1. The molecule has 0 fully saturated rings. The van der Waals surface area contributed by atoms with E-state index in [1.807, 2.05) is 0 Å². The number of anilines is 1. The molecule has 0 aliphatic rings. The van der Waals surface area contributed by atoms with Crippen molar-refractivity contribution in [2.75, 3.05) is 5.73 Å². The van der Waals surface area contributed by atoms with Crippen molar-refractivity contribution in [3.63, 3.8) is 0 Å². The molecule has 0 spiro atoms. The Balaban J connectivity index is 2.11. The zero-order valence-corrected chi connectivity index (χ0v) is 11.9. The number of amides is 1. The SMILES string of the molecule is NC(=O)c1ccc(S(=O)(=O)NCc2ccc(N)cc2)cc1. The lowest BCUT2D eigenvalue weighted by Gasteiger charge is -2.07. The number of sulfonamides is 1. The summed E-state index contributed by atoms with van der Waals surface area (Å²) in [6.45, 7) is 0.153. The van der Waals surface area contributed by atoms with Crippen molar-refractivity contribution in [1.82, 2.24) is 4.72 Å². The second-order valence-corrected chi connectivity index (χ2v) is 6.22. The molecule has 0 heterocycles. The molecule has 7 heteroatoms. The first-order chi connectivity index (χ1) is 9.88. The molecule has 6 nitrogen and oxygen atoms in total. The Morgan fingerprint density at radius 2 is 1.57 bits per heavy atom. The number of primary amides is 1. The Morgan fingerprint density at radius 1 is 1.00 bits per heavy atom. The minimum Gasteiger partial charge on any atom is -0.399 e. The average Bonchev–Trinajstić information content (AvgIpc) is 2.47. The van der Waals surface area contributed by atoms with E-state index in [2.05, 4.69) is 4.72 Å². The summed E-state index contributed by atoms with van der Waals surface area (Å²) in [4.78, 5) is 11.0. The van der Waals surface area contributed by atoms with Gasteiger partial charge in [-0.15, -0.1) is 0 Å². The van der Waals surface area contributed by atoms with Gasteiger partial charge in [-0.25, -0.2) is 13.1 Å². The van der Waals surface area contributed by atoms with Gasteiger partial charge in [0.05, 0.1) is 4.90 Å². The van der Waals surface area contributed by atoms with E-state index in [1.165, 1.54) is 24.3 Å². The molecular weight excluding hydrogens is 290 g/mol. The van der Waals surface area contributed by atoms with Gasteiger partial charge in [0.2, 0.25) is 15.9 Å². The van der Waals surface area contributed by atoms with Crippen LogP contribution in [0.2, 0.25) is 0 Å². The zero-order valence-electron chi connectivity index (χ0n) is 11.1. The Labute approximate surface area is 122 Å². The lowest BCUT2D eigenvalue weighted by Crippen LogP contribution is -2.23. The molecule has 0 aliphatic heterocycles. The van der Waals surface area contributed by atoms with Gasteiger partial charge in [-0.05, 0) is 42.0 Å². The van der Waals surface area contributed by atoms with Crippen molar-refractivity contribution in [1.29, 1.82) is 0 Å². The normalized spacial score (nSPS) is 11.2. The van der Waals surface area contributed by atoms with Crippen LogP contribution in [0.3, 0.4) is 0 Å². The maximum Gasteiger partial charge on any atom is 0.248 e. The van der Waals surface area contributed by atoms with E-state index in [-0.39, 0.29) is 17.0 Å².